The highest BCUT2D eigenvalue weighted by Crippen LogP contribution is 2.26. The number of pyridine rings is 1. The molecule has 1 aromatic heterocycles. The Labute approximate surface area is 208 Å². The van der Waals surface area contributed by atoms with Crippen molar-refractivity contribution < 1.29 is 14.7 Å². The lowest BCUT2D eigenvalue weighted by Gasteiger charge is -2.14. The zero-order chi connectivity index (χ0) is 24.7. The molecule has 178 valence electrons. The summed E-state index contributed by atoms with van der Waals surface area (Å²) in [6.07, 6.45) is 3.86. The lowest BCUT2D eigenvalue weighted by atomic mass is 10.1. The van der Waals surface area contributed by atoms with Gasteiger partial charge in [0.25, 0.3) is 5.91 Å². The Bertz CT molecular complexity index is 1540. The molecule has 0 saturated heterocycles. The second-order valence-electron chi connectivity index (χ2n) is 8.40. The van der Waals surface area contributed by atoms with E-state index in [4.69, 9.17) is 9.94 Å². The SMILES string of the molecule is O=C(NO)c1ccc(/C=C(/CNc2cnc3ccccc3c2)COc2cccc3ccccc23)cc1. The summed E-state index contributed by atoms with van der Waals surface area (Å²) in [6, 6.07) is 31.3. The molecule has 0 saturated carbocycles. The van der Waals surface area contributed by atoms with Crippen LogP contribution in [-0.2, 0) is 0 Å². The molecule has 0 aliphatic carbocycles. The van der Waals surface area contributed by atoms with Gasteiger partial charge in [-0.25, -0.2) is 5.48 Å². The van der Waals surface area contributed by atoms with Crippen molar-refractivity contribution in [2.75, 3.05) is 18.5 Å². The third kappa shape index (κ3) is 5.35. The fraction of sp³-hybridized carbons (Fsp3) is 0.0667. The number of ether oxygens (including phenoxy) is 1. The number of carbonyl (C=O) groups is 1. The molecule has 0 atom stereocenters. The Balaban J connectivity index is 1.38. The lowest BCUT2D eigenvalue weighted by molar-refractivity contribution is 0.0706. The minimum absolute atomic E-state index is 0.376. The molecule has 3 N–H and O–H groups in total. The van der Waals surface area contributed by atoms with Gasteiger partial charge in [0.1, 0.15) is 12.4 Å². The van der Waals surface area contributed by atoms with E-state index in [1.165, 1.54) is 0 Å². The minimum Gasteiger partial charge on any atom is -0.489 e. The lowest BCUT2D eigenvalue weighted by Crippen LogP contribution is -2.18. The van der Waals surface area contributed by atoms with Crippen LogP contribution in [0.15, 0.2) is 109 Å². The molecule has 1 heterocycles. The van der Waals surface area contributed by atoms with Crippen molar-refractivity contribution in [3.63, 3.8) is 0 Å². The van der Waals surface area contributed by atoms with Gasteiger partial charge in [0.2, 0.25) is 0 Å². The van der Waals surface area contributed by atoms with Crippen LogP contribution in [0, 0.1) is 0 Å². The molecule has 0 spiro atoms. The number of para-hydroxylation sites is 1. The summed E-state index contributed by atoms with van der Waals surface area (Å²) in [5.41, 5.74) is 5.83. The van der Waals surface area contributed by atoms with E-state index >= 15 is 0 Å². The Morgan fingerprint density at radius 1 is 0.889 bits per heavy atom. The molecule has 6 heteroatoms. The third-order valence-electron chi connectivity index (χ3n) is 5.92. The van der Waals surface area contributed by atoms with Crippen molar-refractivity contribution in [1.29, 1.82) is 0 Å². The van der Waals surface area contributed by atoms with Crippen molar-refractivity contribution in [3.05, 3.63) is 120 Å². The summed E-state index contributed by atoms with van der Waals surface area (Å²) in [5.74, 6) is 0.275. The first-order valence-corrected chi connectivity index (χ1v) is 11.6. The number of nitrogens with zero attached hydrogens (tertiary/aromatic N) is 1. The van der Waals surface area contributed by atoms with Crippen LogP contribution in [-0.4, -0.2) is 29.3 Å². The molecule has 4 aromatic carbocycles. The predicted molar refractivity (Wildman–Crippen MR) is 143 cm³/mol. The van der Waals surface area contributed by atoms with Crippen molar-refractivity contribution in [1.82, 2.24) is 10.5 Å². The zero-order valence-corrected chi connectivity index (χ0v) is 19.5. The van der Waals surface area contributed by atoms with E-state index in [2.05, 4.69) is 34.6 Å². The molecule has 5 rings (SSSR count). The number of aromatic nitrogens is 1. The van der Waals surface area contributed by atoms with Gasteiger partial charge in [0, 0.05) is 22.9 Å². The molecule has 1 amide bonds. The van der Waals surface area contributed by atoms with Gasteiger partial charge in [-0.2, -0.15) is 0 Å². The first kappa shape index (κ1) is 23.1. The maximum atomic E-state index is 11.7. The molecule has 36 heavy (non-hydrogen) atoms. The largest absolute Gasteiger partial charge is 0.489 e. The number of anilines is 1. The van der Waals surface area contributed by atoms with E-state index in [0.717, 1.165) is 44.2 Å². The van der Waals surface area contributed by atoms with Crippen LogP contribution in [0.3, 0.4) is 0 Å². The molecule has 0 bridgehead atoms. The number of amides is 1. The van der Waals surface area contributed by atoms with Gasteiger partial charge < -0.3 is 10.1 Å². The highest BCUT2D eigenvalue weighted by molar-refractivity contribution is 5.93. The Morgan fingerprint density at radius 2 is 1.64 bits per heavy atom. The molecule has 5 aromatic rings. The first-order valence-electron chi connectivity index (χ1n) is 11.6. The van der Waals surface area contributed by atoms with Gasteiger partial charge in [-0.1, -0.05) is 72.8 Å². The highest BCUT2D eigenvalue weighted by atomic mass is 16.5. The Morgan fingerprint density at radius 3 is 2.47 bits per heavy atom. The fourth-order valence-corrected chi connectivity index (χ4v) is 4.05. The maximum Gasteiger partial charge on any atom is 0.274 e. The van der Waals surface area contributed by atoms with Gasteiger partial charge >= 0.3 is 0 Å². The number of carbonyl (C=O) groups excluding carboxylic acids is 1. The third-order valence-corrected chi connectivity index (χ3v) is 5.92. The van der Waals surface area contributed by atoms with Gasteiger partial charge in [-0.15, -0.1) is 0 Å². The molecular formula is C30H25N3O3. The summed E-state index contributed by atoms with van der Waals surface area (Å²) < 4.78 is 6.27. The van der Waals surface area contributed by atoms with Crippen LogP contribution in [0.5, 0.6) is 5.75 Å². The molecule has 6 nitrogen and oxygen atoms in total. The van der Waals surface area contributed by atoms with Crippen molar-refractivity contribution in [3.8, 4) is 5.75 Å². The van der Waals surface area contributed by atoms with Crippen molar-refractivity contribution >= 4 is 39.3 Å². The number of hydrogen-bond acceptors (Lipinski definition) is 5. The normalized spacial score (nSPS) is 11.4. The van der Waals surface area contributed by atoms with Crippen LogP contribution < -0.4 is 15.5 Å². The highest BCUT2D eigenvalue weighted by Gasteiger charge is 2.07. The zero-order valence-electron chi connectivity index (χ0n) is 19.5. The van der Waals surface area contributed by atoms with Crippen LogP contribution >= 0.6 is 0 Å². The number of nitrogens with one attached hydrogen (secondary N) is 2. The van der Waals surface area contributed by atoms with Crippen LogP contribution in [0.25, 0.3) is 27.8 Å². The van der Waals surface area contributed by atoms with E-state index in [1.807, 2.05) is 72.9 Å². The van der Waals surface area contributed by atoms with Gasteiger partial charge in [-0.05, 0) is 46.9 Å². The number of fused-ring (bicyclic) bond motifs is 2. The monoisotopic (exact) mass is 475 g/mol. The Kier molecular flexibility index (Phi) is 6.87. The average Bonchev–Trinajstić information content (AvgIpc) is 2.94. The van der Waals surface area contributed by atoms with E-state index < -0.39 is 5.91 Å². The molecule has 0 fully saturated rings. The summed E-state index contributed by atoms with van der Waals surface area (Å²) in [5, 5.41) is 15.6. The average molecular weight is 476 g/mol. The van der Waals surface area contributed by atoms with Gasteiger partial charge in [0.15, 0.2) is 0 Å². The number of benzene rings is 4. The quantitative estimate of drug-likeness (QED) is 0.187. The molecular weight excluding hydrogens is 450 g/mol. The van der Waals surface area contributed by atoms with E-state index in [0.29, 0.717) is 18.7 Å². The number of hydrogen-bond donors (Lipinski definition) is 3. The predicted octanol–water partition coefficient (Wildman–Crippen LogP) is 6.08. The van der Waals surface area contributed by atoms with E-state index in [1.54, 1.807) is 17.6 Å². The summed E-state index contributed by atoms with van der Waals surface area (Å²) in [4.78, 5) is 16.2. The molecule has 0 unspecified atom stereocenters. The second kappa shape index (κ2) is 10.7. The standard InChI is InChI=1S/C30H25N3O3/c34-30(33-35)24-14-12-21(13-15-24)16-22(18-31-26-17-25-7-2-4-10-28(25)32-19-26)20-36-29-11-5-8-23-6-1-3-9-27(23)29/h1-17,19,31,35H,18,20H2,(H,33,34)/b22-16-. The summed E-state index contributed by atoms with van der Waals surface area (Å²) >= 11 is 0. The van der Waals surface area contributed by atoms with E-state index in [9.17, 15) is 4.79 Å². The number of rotatable bonds is 8. The van der Waals surface area contributed by atoms with Crippen LogP contribution in [0.2, 0.25) is 0 Å². The maximum absolute atomic E-state index is 11.7. The van der Waals surface area contributed by atoms with Gasteiger partial charge in [0.05, 0.1) is 17.4 Å². The van der Waals surface area contributed by atoms with E-state index in [-0.39, 0.29) is 0 Å². The summed E-state index contributed by atoms with van der Waals surface area (Å²) in [7, 11) is 0. The summed E-state index contributed by atoms with van der Waals surface area (Å²) in [6.45, 7) is 0.921. The minimum atomic E-state index is -0.546. The Hall–Kier alpha value is -4.68. The van der Waals surface area contributed by atoms with Gasteiger partial charge in [-0.3, -0.25) is 15.0 Å². The van der Waals surface area contributed by atoms with Crippen LogP contribution in [0.4, 0.5) is 5.69 Å². The van der Waals surface area contributed by atoms with Crippen molar-refractivity contribution in [2.45, 2.75) is 0 Å². The fourth-order valence-electron chi connectivity index (χ4n) is 4.05. The first-order chi connectivity index (χ1) is 17.7. The second-order valence-corrected chi connectivity index (χ2v) is 8.40. The smallest absolute Gasteiger partial charge is 0.274 e. The molecule has 0 aliphatic heterocycles. The number of hydroxylamine groups is 1. The molecule has 0 radical (unpaired) electrons. The topological polar surface area (TPSA) is 83.5 Å². The molecule has 0 aliphatic rings. The van der Waals surface area contributed by atoms with Crippen LogP contribution in [0.1, 0.15) is 15.9 Å². The van der Waals surface area contributed by atoms with Crippen molar-refractivity contribution in [2.24, 2.45) is 0 Å².